The molecule has 9 heteroatoms. The first-order valence-corrected chi connectivity index (χ1v) is 9.54. The molecular formula is C19H19FN2O5S. The van der Waals surface area contributed by atoms with Gasteiger partial charge in [0.15, 0.2) is 24.8 Å². The molecule has 2 aromatic rings. The minimum absolute atomic E-state index is 0.0841. The minimum atomic E-state index is -0.820. The zero-order valence-electron chi connectivity index (χ0n) is 15.0. The third kappa shape index (κ3) is 4.66. The van der Waals surface area contributed by atoms with E-state index >= 15 is 0 Å². The van der Waals surface area contributed by atoms with Crippen LogP contribution in [0.3, 0.4) is 0 Å². The third-order valence-electron chi connectivity index (χ3n) is 4.22. The number of esters is 1. The summed E-state index contributed by atoms with van der Waals surface area (Å²) in [7, 11) is 0. The molecule has 7 nitrogen and oxygen atoms in total. The lowest BCUT2D eigenvalue weighted by molar-refractivity contribution is -0.149. The van der Waals surface area contributed by atoms with Gasteiger partial charge in [0.2, 0.25) is 0 Å². The van der Waals surface area contributed by atoms with E-state index in [0.717, 1.165) is 36.1 Å². The van der Waals surface area contributed by atoms with Crippen molar-refractivity contribution >= 4 is 34.1 Å². The topological polar surface area (TPSA) is 108 Å². The number of fused-ring (bicyclic) bond motifs is 1. The second-order valence-corrected chi connectivity index (χ2v) is 7.31. The van der Waals surface area contributed by atoms with E-state index in [0.29, 0.717) is 10.6 Å². The number of thiophene rings is 1. The number of aryl methyl sites for hydroxylation is 1. The van der Waals surface area contributed by atoms with Gasteiger partial charge < -0.3 is 20.5 Å². The van der Waals surface area contributed by atoms with Crippen LogP contribution in [0.15, 0.2) is 24.3 Å². The van der Waals surface area contributed by atoms with Gasteiger partial charge in [0.25, 0.3) is 11.8 Å². The largest absolute Gasteiger partial charge is 0.479 e. The molecule has 0 fully saturated rings. The Kier molecular flexibility index (Phi) is 6.25. The van der Waals surface area contributed by atoms with E-state index in [1.54, 1.807) is 6.07 Å². The summed E-state index contributed by atoms with van der Waals surface area (Å²) in [4.78, 5) is 36.6. The molecule has 1 aliphatic rings. The normalized spacial score (nSPS) is 12.8. The Morgan fingerprint density at radius 3 is 2.64 bits per heavy atom. The number of rotatable bonds is 7. The van der Waals surface area contributed by atoms with Crippen LogP contribution in [-0.4, -0.2) is 31.0 Å². The summed E-state index contributed by atoms with van der Waals surface area (Å²) in [5.74, 6) is -2.70. The molecule has 0 unspecified atom stereocenters. The maximum absolute atomic E-state index is 13.4. The second kappa shape index (κ2) is 8.83. The van der Waals surface area contributed by atoms with Crippen LogP contribution in [0.1, 0.15) is 33.6 Å². The van der Waals surface area contributed by atoms with E-state index in [1.807, 2.05) is 0 Å². The zero-order valence-corrected chi connectivity index (χ0v) is 15.8. The van der Waals surface area contributed by atoms with Gasteiger partial charge in [-0.1, -0.05) is 12.1 Å². The molecule has 1 aliphatic carbocycles. The minimum Gasteiger partial charge on any atom is -0.479 e. The Hall–Kier alpha value is -2.94. The summed E-state index contributed by atoms with van der Waals surface area (Å²) < 4.78 is 23.3. The van der Waals surface area contributed by atoms with E-state index in [2.05, 4.69) is 5.32 Å². The lowest BCUT2D eigenvalue weighted by atomic mass is 9.95. The number of hydrogen-bond acceptors (Lipinski definition) is 6. The number of nitrogens with two attached hydrogens (primary N) is 1. The lowest BCUT2D eigenvalue weighted by Crippen LogP contribution is -2.24. The first kappa shape index (κ1) is 19.8. The Morgan fingerprint density at radius 1 is 1.14 bits per heavy atom. The van der Waals surface area contributed by atoms with Gasteiger partial charge in [-0.25, -0.2) is 9.18 Å². The number of halogens is 1. The smallest absolute Gasteiger partial charge is 0.344 e. The molecule has 1 aromatic carbocycles. The van der Waals surface area contributed by atoms with Gasteiger partial charge >= 0.3 is 5.97 Å². The average molecular weight is 406 g/mol. The van der Waals surface area contributed by atoms with Crippen LogP contribution >= 0.6 is 11.3 Å². The number of ether oxygens (including phenoxy) is 2. The van der Waals surface area contributed by atoms with Crippen LogP contribution in [0.25, 0.3) is 0 Å². The number of carbonyl (C=O) groups is 3. The highest BCUT2D eigenvalue weighted by Gasteiger charge is 2.25. The molecule has 0 atom stereocenters. The fourth-order valence-electron chi connectivity index (χ4n) is 2.96. The molecule has 1 aromatic heterocycles. The molecule has 0 spiro atoms. The Balaban J connectivity index is 1.53. The molecule has 3 N–H and O–H groups in total. The molecule has 148 valence electrons. The number of anilines is 1. The molecule has 2 amide bonds. The van der Waals surface area contributed by atoms with Gasteiger partial charge in [0, 0.05) is 4.88 Å². The number of benzene rings is 1. The lowest BCUT2D eigenvalue weighted by Gasteiger charge is -2.11. The Bertz CT molecular complexity index is 912. The van der Waals surface area contributed by atoms with E-state index < -0.39 is 36.8 Å². The highest BCUT2D eigenvalue weighted by atomic mass is 32.1. The van der Waals surface area contributed by atoms with Crippen LogP contribution in [0.2, 0.25) is 0 Å². The predicted octanol–water partition coefficient (Wildman–Crippen LogP) is 2.43. The van der Waals surface area contributed by atoms with Crippen molar-refractivity contribution in [2.45, 2.75) is 25.7 Å². The molecule has 0 aliphatic heterocycles. The quantitative estimate of drug-likeness (QED) is 0.687. The van der Waals surface area contributed by atoms with Crippen molar-refractivity contribution in [2.24, 2.45) is 5.73 Å². The van der Waals surface area contributed by atoms with E-state index in [4.69, 9.17) is 15.2 Å². The number of primary amides is 1. The van der Waals surface area contributed by atoms with Crippen molar-refractivity contribution in [3.05, 3.63) is 46.1 Å². The fraction of sp³-hybridized carbons (Fsp3) is 0.316. The van der Waals surface area contributed by atoms with Gasteiger partial charge in [-0.05, 0) is 43.4 Å². The van der Waals surface area contributed by atoms with Crippen molar-refractivity contribution in [3.8, 4) is 5.75 Å². The number of amides is 2. The summed E-state index contributed by atoms with van der Waals surface area (Å²) in [6.45, 7) is -1.09. The molecule has 0 saturated heterocycles. The fourth-order valence-corrected chi connectivity index (χ4v) is 4.27. The molecular weight excluding hydrogens is 387 g/mol. The zero-order chi connectivity index (χ0) is 20.1. The van der Waals surface area contributed by atoms with Crippen molar-refractivity contribution in [1.82, 2.24) is 0 Å². The number of carbonyl (C=O) groups excluding carboxylic acids is 3. The highest BCUT2D eigenvalue weighted by Crippen LogP contribution is 2.37. The second-order valence-electron chi connectivity index (χ2n) is 6.21. The first-order valence-electron chi connectivity index (χ1n) is 8.73. The predicted molar refractivity (Wildman–Crippen MR) is 101 cm³/mol. The Labute approximate surface area is 164 Å². The molecule has 0 bridgehead atoms. The Morgan fingerprint density at radius 2 is 1.89 bits per heavy atom. The molecule has 28 heavy (non-hydrogen) atoms. The summed E-state index contributed by atoms with van der Waals surface area (Å²) >= 11 is 1.32. The van der Waals surface area contributed by atoms with E-state index in [9.17, 15) is 18.8 Å². The van der Waals surface area contributed by atoms with Crippen molar-refractivity contribution in [1.29, 1.82) is 0 Å². The van der Waals surface area contributed by atoms with Crippen molar-refractivity contribution in [2.75, 3.05) is 18.5 Å². The number of nitrogens with one attached hydrogen (secondary N) is 1. The van der Waals surface area contributed by atoms with E-state index in [-0.39, 0.29) is 5.75 Å². The van der Waals surface area contributed by atoms with Crippen molar-refractivity contribution < 1.29 is 28.2 Å². The van der Waals surface area contributed by atoms with E-state index in [1.165, 1.54) is 29.5 Å². The highest BCUT2D eigenvalue weighted by molar-refractivity contribution is 7.17. The summed E-state index contributed by atoms with van der Waals surface area (Å²) in [6, 6.07) is 5.63. The van der Waals surface area contributed by atoms with Gasteiger partial charge in [-0.2, -0.15) is 0 Å². The van der Waals surface area contributed by atoms with Gasteiger partial charge in [-0.15, -0.1) is 11.3 Å². The van der Waals surface area contributed by atoms with Gasteiger partial charge in [0.05, 0.1) is 5.56 Å². The SMILES string of the molecule is NC(=O)c1c(NC(=O)COC(=O)COc2ccccc2F)sc2c1CCCC2. The maximum Gasteiger partial charge on any atom is 0.344 e. The molecule has 1 heterocycles. The van der Waals surface area contributed by atoms with Crippen molar-refractivity contribution in [3.63, 3.8) is 0 Å². The van der Waals surface area contributed by atoms with Crippen LogP contribution in [0.4, 0.5) is 9.39 Å². The number of para-hydroxylation sites is 1. The average Bonchev–Trinajstić information content (AvgIpc) is 3.03. The van der Waals surface area contributed by atoms with Crippen LogP contribution < -0.4 is 15.8 Å². The molecule has 0 radical (unpaired) electrons. The molecule has 3 rings (SSSR count). The summed E-state index contributed by atoms with van der Waals surface area (Å²) in [5, 5.41) is 2.97. The summed E-state index contributed by atoms with van der Waals surface area (Å²) in [6.07, 6.45) is 3.59. The third-order valence-corrected chi connectivity index (χ3v) is 5.42. The monoisotopic (exact) mass is 406 g/mol. The van der Waals surface area contributed by atoms with Crippen LogP contribution in [0, 0.1) is 5.82 Å². The van der Waals surface area contributed by atoms with Gasteiger partial charge in [-0.3, -0.25) is 9.59 Å². The first-order chi connectivity index (χ1) is 13.5. The van der Waals surface area contributed by atoms with Crippen LogP contribution in [0.5, 0.6) is 5.75 Å². The summed E-state index contributed by atoms with van der Waals surface area (Å²) in [5.41, 5.74) is 6.70. The maximum atomic E-state index is 13.4. The van der Waals surface area contributed by atoms with Gasteiger partial charge in [0.1, 0.15) is 5.00 Å². The van der Waals surface area contributed by atoms with Crippen LogP contribution in [-0.2, 0) is 27.2 Å². The standard InChI is InChI=1S/C19H19FN2O5S/c20-12-6-2-3-7-13(12)26-10-16(24)27-9-15(23)22-19-17(18(21)25)11-5-1-4-8-14(11)28-19/h2-3,6-7H,1,4-5,8-10H2,(H2,21,25)(H,22,23). The number of hydrogen-bond donors (Lipinski definition) is 2. The molecule has 0 saturated carbocycles.